The third-order valence-electron chi connectivity index (χ3n) is 4.28. The first-order chi connectivity index (χ1) is 7.03. The summed E-state index contributed by atoms with van der Waals surface area (Å²) in [6, 6.07) is 0. The van der Waals surface area contributed by atoms with Gasteiger partial charge in [0.2, 0.25) is 0 Å². The summed E-state index contributed by atoms with van der Waals surface area (Å²) in [6.45, 7) is 10.7. The van der Waals surface area contributed by atoms with E-state index in [-0.39, 0.29) is 11.7 Å². The van der Waals surface area contributed by atoms with E-state index in [0.717, 1.165) is 13.2 Å². The molecule has 0 bridgehead atoms. The van der Waals surface area contributed by atoms with E-state index in [0.29, 0.717) is 11.8 Å². The van der Waals surface area contributed by atoms with Crippen molar-refractivity contribution in [1.29, 1.82) is 0 Å². The molecule has 0 N–H and O–H groups in total. The zero-order valence-electron chi connectivity index (χ0n) is 10.2. The maximum absolute atomic E-state index is 5.68. The molecule has 15 heavy (non-hydrogen) atoms. The molecule has 0 amide bonds. The van der Waals surface area contributed by atoms with Crippen molar-refractivity contribution in [2.75, 3.05) is 13.2 Å². The summed E-state index contributed by atoms with van der Waals surface area (Å²) in [5.74, 6) is 1.11. The van der Waals surface area contributed by atoms with Gasteiger partial charge in [-0.25, -0.2) is 0 Å². The Kier molecular flexibility index (Phi) is 2.91. The first-order valence-electron chi connectivity index (χ1n) is 5.93. The lowest BCUT2D eigenvalue weighted by molar-refractivity contribution is -0.115. The minimum absolute atomic E-state index is 0.0148. The molecular weight excluding hydrogens is 188 g/mol. The van der Waals surface area contributed by atoms with Crippen molar-refractivity contribution in [2.45, 2.75) is 40.4 Å². The van der Waals surface area contributed by atoms with Crippen molar-refractivity contribution in [3.8, 4) is 0 Å². The average molecular weight is 210 g/mol. The van der Waals surface area contributed by atoms with Gasteiger partial charge in [-0.05, 0) is 24.7 Å². The van der Waals surface area contributed by atoms with Crippen LogP contribution in [-0.2, 0) is 9.47 Å². The summed E-state index contributed by atoms with van der Waals surface area (Å²) >= 11 is 0. The molecule has 0 aromatic heterocycles. The van der Waals surface area contributed by atoms with Gasteiger partial charge in [-0.1, -0.05) is 32.4 Å². The summed E-state index contributed by atoms with van der Waals surface area (Å²) < 4.78 is 11.4. The zero-order valence-corrected chi connectivity index (χ0v) is 10.2. The molecule has 0 unspecified atom stereocenters. The molecular formula is C13H22O2. The number of rotatable bonds is 1. The van der Waals surface area contributed by atoms with Crippen LogP contribution < -0.4 is 0 Å². The van der Waals surface area contributed by atoms with Gasteiger partial charge in [-0.2, -0.15) is 0 Å². The number of hydrogen-bond acceptors (Lipinski definition) is 2. The Morgan fingerprint density at radius 1 is 1.27 bits per heavy atom. The predicted molar refractivity (Wildman–Crippen MR) is 60.5 cm³/mol. The SMILES string of the molecule is CC1=CC[C@H](C)C(C)(C)[C@H]1C1OCCO1. The first-order valence-corrected chi connectivity index (χ1v) is 5.93. The van der Waals surface area contributed by atoms with E-state index in [9.17, 15) is 0 Å². The van der Waals surface area contributed by atoms with Gasteiger partial charge in [-0.3, -0.25) is 0 Å². The lowest BCUT2D eigenvalue weighted by Crippen LogP contribution is -2.42. The van der Waals surface area contributed by atoms with Crippen molar-refractivity contribution in [3.63, 3.8) is 0 Å². The van der Waals surface area contributed by atoms with Crippen LogP contribution in [0.25, 0.3) is 0 Å². The molecule has 1 aliphatic carbocycles. The summed E-state index contributed by atoms with van der Waals surface area (Å²) in [6.07, 6.45) is 3.52. The highest BCUT2D eigenvalue weighted by atomic mass is 16.7. The Morgan fingerprint density at radius 3 is 2.47 bits per heavy atom. The van der Waals surface area contributed by atoms with Gasteiger partial charge in [0.25, 0.3) is 0 Å². The number of hydrogen-bond donors (Lipinski definition) is 0. The van der Waals surface area contributed by atoms with Crippen LogP contribution in [0.15, 0.2) is 11.6 Å². The van der Waals surface area contributed by atoms with Crippen LogP contribution in [0.2, 0.25) is 0 Å². The van der Waals surface area contributed by atoms with E-state index in [4.69, 9.17) is 9.47 Å². The van der Waals surface area contributed by atoms with E-state index in [2.05, 4.69) is 33.8 Å². The molecule has 2 heteroatoms. The Balaban J connectivity index is 2.25. The predicted octanol–water partition coefficient (Wildman–Crippen LogP) is 2.99. The Bertz CT molecular complexity index is 262. The molecule has 1 saturated heterocycles. The van der Waals surface area contributed by atoms with Gasteiger partial charge >= 0.3 is 0 Å². The first kappa shape index (κ1) is 11.2. The summed E-state index contributed by atoms with van der Waals surface area (Å²) in [5, 5.41) is 0. The van der Waals surface area contributed by atoms with Crippen LogP contribution >= 0.6 is 0 Å². The molecule has 0 aromatic carbocycles. The molecule has 0 spiro atoms. The summed E-state index contributed by atoms with van der Waals surface area (Å²) in [7, 11) is 0. The Hall–Kier alpha value is -0.340. The Labute approximate surface area is 92.6 Å². The maximum atomic E-state index is 5.68. The second-order valence-electron chi connectivity index (χ2n) is 5.49. The van der Waals surface area contributed by atoms with E-state index in [1.54, 1.807) is 0 Å². The fourth-order valence-electron chi connectivity index (χ4n) is 2.82. The molecule has 0 radical (unpaired) electrons. The highest BCUT2D eigenvalue weighted by molar-refractivity contribution is 5.15. The quantitative estimate of drug-likeness (QED) is 0.619. The van der Waals surface area contributed by atoms with Gasteiger partial charge in [0.1, 0.15) is 0 Å². The van der Waals surface area contributed by atoms with Crippen molar-refractivity contribution in [1.82, 2.24) is 0 Å². The fraction of sp³-hybridized carbons (Fsp3) is 0.846. The molecule has 86 valence electrons. The van der Waals surface area contributed by atoms with Gasteiger partial charge in [0, 0.05) is 5.92 Å². The van der Waals surface area contributed by atoms with E-state index >= 15 is 0 Å². The molecule has 1 heterocycles. The second-order valence-corrected chi connectivity index (χ2v) is 5.49. The monoisotopic (exact) mass is 210 g/mol. The third-order valence-corrected chi connectivity index (χ3v) is 4.28. The van der Waals surface area contributed by atoms with Crippen LogP contribution in [-0.4, -0.2) is 19.5 Å². The summed E-state index contributed by atoms with van der Waals surface area (Å²) in [5.41, 5.74) is 1.71. The van der Waals surface area contributed by atoms with Gasteiger partial charge < -0.3 is 9.47 Å². The summed E-state index contributed by atoms with van der Waals surface area (Å²) in [4.78, 5) is 0. The van der Waals surface area contributed by atoms with Gasteiger partial charge in [0.05, 0.1) is 13.2 Å². The second kappa shape index (κ2) is 3.91. The molecule has 1 fully saturated rings. The molecule has 2 nitrogen and oxygen atoms in total. The van der Waals surface area contributed by atoms with E-state index in [1.807, 2.05) is 0 Å². The van der Waals surface area contributed by atoms with E-state index in [1.165, 1.54) is 12.0 Å². The van der Waals surface area contributed by atoms with Crippen molar-refractivity contribution >= 4 is 0 Å². The molecule has 2 atom stereocenters. The van der Waals surface area contributed by atoms with Crippen LogP contribution in [0.1, 0.15) is 34.1 Å². The lowest BCUT2D eigenvalue weighted by atomic mass is 9.63. The highest BCUT2D eigenvalue weighted by Crippen LogP contribution is 2.47. The molecule has 2 aliphatic rings. The van der Waals surface area contributed by atoms with Crippen molar-refractivity contribution in [3.05, 3.63) is 11.6 Å². The molecule has 0 saturated carbocycles. The molecule has 2 rings (SSSR count). The van der Waals surface area contributed by atoms with Crippen molar-refractivity contribution in [2.24, 2.45) is 17.3 Å². The van der Waals surface area contributed by atoms with Crippen molar-refractivity contribution < 1.29 is 9.47 Å². The van der Waals surface area contributed by atoms with Crippen LogP contribution in [0.5, 0.6) is 0 Å². The minimum Gasteiger partial charge on any atom is -0.350 e. The normalized spacial score (nSPS) is 36.7. The highest BCUT2D eigenvalue weighted by Gasteiger charge is 2.44. The smallest absolute Gasteiger partial charge is 0.164 e. The minimum atomic E-state index is -0.0148. The van der Waals surface area contributed by atoms with Crippen LogP contribution in [0.3, 0.4) is 0 Å². The van der Waals surface area contributed by atoms with Gasteiger partial charge in [-0.15, -0.1) is 0 Å². The molecule has 1 aliphatic heterocycles. The van der Waals surface area contributed by atoms with Gasteiger partial charge in [0.15, 0.2) is 6.29 Å². The Morgan fingerprint density at radius 2 is 1.87 bits per heavy atom. The number of allylic oxidation sites excluding steroid dienone is 1. The average Bonchev–Trinajstić information content (AvgIpc) is 2.65. The lowest BCUT2D eigenvalue weighted by Gasteiger charge is -2.45. The molecule has 0 aromatic rings. The number of ether oxygens (including phenoxy) is 2. The fourth-order valence-corrected chi connectivity index (χ4v) is 2.82. The van der Waals surface area contributed by atoms with Crippen LogP contribution in [0.4, 0.5) is 0 Å². The third kappa shape index (κ3) is 1.85. The zero-order chi connectivity index (χ0) is 11.1. The van der Waals surface area contributed by atoms with Crippen LogP contribution in [0, 0.1) is 17.3 Å². The maximum Gasteiger partial charge on any atom is 0.164 e. The topological polar surface area (TPSA) is 18.5 Å². The van der Waals surface area contributed by atoms with E-state index < -0.39 is 0 Å². The largest absolute Gasteiger partial charge is 0.350 e. The standard InChI is InChI=1S/C13H22O2/c1-9-5-6-10(2)13(3,4)11(9)12-14-7-8-15-12/h5,10-12H,6-8H2,1-4H3/t10-,11+/m0/s1.